The average Bonchev–Trinajstić information content (AvgIpc) is 3.03. The predicted molar refractivity (Wildman–Crippen MR) is 80.9 cm³/mol. The second kappa shape index (κ2) is 5.69. The maximum atomic E-state index is 12.3. The van der Waals surface area contributed by atoms with Crippen molar-refractivity contribution in [3.63, 3.8) is 0 Å². The molecule has 3 rings (SSSR count). The smallest absolute Gasteiger partial charge is 0.337 e. The fraction of sp³-hybridized carbons (Fsp3) is 0.0625. The van der Waals surface area contributed by atoms with Gasteiger partial charge in [0.2, 0.25) is 0 Å². The Kier molecular flexibility index (Phi) is 3.57. The topological polar surface area (TPSA) is 72.7 Å². The Bertz CT molecular complexity index is 837. The van der Waals surface area contributed by atoms with Gasteiger partial charge in [0.15, 0.2) is 0 Å². The lowest BCUT2D eigenvalue weighted by Gasteiger charge is -2.08. The first kappa shape index (κ1) is 13.8. The third kappa shape index (κ3) is 2.54. The van der Waals surface area contributed by atoms with Crippen LogP contribution in [-0.2, 0) is 4.74 Å². The molecule has 0 saturated heterocycles. The van der Waals surface area contributed by atoms with Crippen molar-refractivity contribution in [3.8, 4) is 0 Å². The van der Waals surface area contributed by atoms with E-state index in [2.05, 4.69) is 15.0 Å². The first-order valence-electron chi connectivity index (χ1n) is 6.61. The molecule has 0 spiro atoms. The summed E-state index contributed by atoms with van der Waals surface area (Å²) in [6.45, 7) is 0. The number of amides is 1. The van der Waals surface area contributed by atoms with Crippen LogP contribution < -0.4 is 5.32 Å². The van der Waals surface area contributed by atoms with Crippen molar-refractivity contribution in [2.24, 2.45) is 0 Å². The molecule has 2 heterocycles. The zero-order valence-electron chi connectivity index (χ0n) is 11.8. The molecule has 0 aliphatic rings. The van der Waals surface area contributed by atoms with Crippen LogP contribution in [0.1, 0.15) is 20.8 Å². The number of rotatable bonds is 3. The number of methoxy groups -OCH3 is 1. The van der Waals surface area contributed by atoms with Crippen molar-refractivity contribution in [2.45, 2.75) is 0 Å². The predicted octanol–water partition coefficient (Wildman–Crippen LogP) is 2.37. The van der Waals surface area contributed by atoms with E-state index in [0.29, 0.717) is 22.6 Å². The van der Waals surface area contributed by atoms with Crippen molar-refractivity contribution in [1.82, 2.24) is 9.38 Å². The Morgan fingerprint density at radius 3 is 2.64 bits per heavy atom. The average molecular weight is 295 g/mol. The number of hydrogen-bond acceptors (Lipinski definition) is 4. The van der Waals surface area contributed by atoms with Gasteiger partial charge in [0.05, 0.1) is 12.7 Å². The maximum Gasteiger partial charge on any atom is 0.337 e. The van der Waals surface area contributed by atoms with Gasteiger partial charge in [-0.2, -0.15) is 0 Å². The van der Waals surface area contributed by atoms with Gasteiger partial charge < -0.3 is 10.1 Å². The minimum absolute atomic E-state index is 0.255. The van der Waals surface area contributed by atoms with Crippen molar-refractivity contribution < 1.29 is 14.3 Å². The monoisotopic (exact) mass is 295 g/mol. The number of pyridine rings is 1. The summed E-state index contributed by atoms with van der Waals surface area (Å²) in [5, 5.41) is 2.78. The number of ether oxygens (including phenoxy) is 1. The summed E-state index contributed by atoms with van der Waals surface area (Å²) in [6, 6.07) is 11.8. The van der Waals surface area contributed by atoms with E-state index in [1.54, 1.807) is 53.2 Å². The summed E-state index contributed by atoms with van der Waals surface area (Å²) in [7, 11) is 1.32. The van der Waals surface area contributed by atoms with Gasteiger partial charge in [-0.25, -0.2) is 9.78 Å². The molecule has 6 heteroatoms. The van der Waals surface area contributed by atoms with E-state index in [9.17, 15) is 9.59 Å². The standard InChI is InChI=1S/C16H13N3O3/c1-22-16(21)11-5-7-12(8-6-11)18-15(20)13-3-2-4-14-17-9-10-19(13)14/h2-10H,1H3,(H,18,20). The molecule has 0 unspecified atom stereocenters. The summed E-state index contributed by atoms with van der Waals surface area (Å²) >= 11 is 0. The lowest BCUT2D eigenvalue weighted by atomic mass is 10.2. The number of aromatic nitrogens is 2. The largest absolute Gasteiger partial charge is 0.465 e. The molecule has 1 N–H and O–H groups in total. The molecule has 6 nitrogen and oxygen atoms in total. The summed E-state index contributed by atoms with van der Waals surface area (Å²) < 4.78 is 6.34. The molecule has 110 valence electrons. The molecular weight excluding hydrogens is 282 g/mol. The van der Waals surface area contributed by atoms with E-state index < -0.39 is 5.97 Å². The number of imidazole rings is 1. The quantitative estimate of drug-likeness (QED) is 0.753. The molecule has 0 bridgehead atoms. The molecule has 2 aromatic heterocycles. The molecule has 0 atom stereocenters. The molecule has 0 fully saturated rings. The van der Waals surface area contributed by atoms with Gasteiger partial charge in [-0.05, 0) is 36.4 Å². The number of nitrogens with one attached hydrogen (secondary N) is 1. The number of anilines is 1. The third-order valence-corrected chi connectivity index (χ3v) is 3.22. The van der Waals surface area contributed by atoms with Crippen molar-refractivity contribution >= 4 is 23.2 Å². The minimum Gasteiger partial charge on any atom is -0.465 e. The van der Waals surface area contributed by atoms with Crippen LogP contribution in [0.25, 0.3) is 5.65 Å². The Morgan fingerprint density at radius 2 is 1.91 bits per heavy atom. The molecule has 0 aliphatic carbocycles. The molecule has 0 saturated carbocycles. The van der Waals surface area contributed by atoms with E-state index in [0.717, 1.165) is 0 Å². The number of esters is 1. The van der Waals surface area contributed by atoms with Crippen LogP contribution in [0.2, 0.25) is 0 Å². The van der Waals surface area contributed by atoms with E-state index >= 15 is 0 Å². The number of fused-ring (bicyclic) bond motifs is 1. The van der Waals surface area contributed by atoms with Crippen LogP contribution >= 0.6 is 0 Å². The third-order valence-electron chi connectivity index (χ3n) is 3.22. The number of hydrogen-bond donors (Lipinski definition) is 1. The SMILES string of the molecule is COC(=O)c1ccc(NC(=O)c2cccc3nccn23)cc1. The minimum atomic E-state index is -0.416. The van der Waals surface area contributed by atoms with E-state index in [1.807, 2.05) is 6.07 Å². The van der Waals surface area contributed by atoms with Crippen LogP contribution in [0.3, 0.4) is 0 Å². The fourth-order valence-corrected chi connectivity index (χ4v) is 2.14. The molecule has 3 aromatic rings. The molecule has 22 heavy (non-hydrogen) atoms. The highest BCUT2D eigenvalue weighted by molar-refractivity contribution is 6.03. The number of carbonyl (C=O) groups is 2. The second-order valence-electron chi connectivity index (χ2n) is 4.59. The van der Waals surface area contributed by atoms with Crippen LogP contribution in [0.4, 0.5) is 5.69 Å². The number of nitrogens with zero attached hydrogens (tertiary/aromatic N) is 2. The highest BCUT2D eigenvalue weighted by Crippen LogP contribution is 2.13. The van der Waals surface area contributed by atoms with Crippen molar-refractivity contribution in [2.75, 3.05) is 12.4 Å². The Balaban J connectivity index is 1.82. The Hall–Kier alpha value is -3.15. The summed E-state index contributed by atoms with van der Waals surface area (Å²) in [5.74, 6) is -0.671. The van der Waals surface area contributed by atoms with Crippen LogP contribution in [0, 0.1) is 0 Å². The maximum absolute atomic E-state index is 12.3. The van der Waals surface area contributed by atoms with Gasteiger partial charge in [-0.15, -0.1) is 0 Å². The second-order valence-corrected chi connectivity index (χ2v) is 4.59. The Labute approximate surface area is 126 Å². The molecule has 0 radical (unpaired) electrons. The van der Waals surface area contributed by atoms with Crippen molar-refractivity contribution in [1.29, 1.82) is 0 Å². The summed E-state index contributed by atoms with van der Waals surface area (Å²) in [4.78, 5) is 27.9. The first-order chi connectivity index (χ1) is 10.7. The highest BCUT2D eigenvalue weighted by Gasteiger charge is 2.11. The molecule has 1 aromatic carbocycles. The molecule has 1 amide bonds. The van der Waals surface area contributed by atoms with Crippen LogP contribution in [0.5, 0.6) is 0 Å². The van der Waals surface area contributed by atoms with Gasteiger partial charge >= 0.3 is 5.97 Å². The molecular formula is C16H13N3O3. The van der Waals surface area contributed by atoms with Gasteiger partial charge in [-0.3, -0.25) is 9.20 Å². The van der Waals surface area contributed by atoms with E-state index in [4.69, 9.17) is 0 Å². The summed E-state index contributed by atoms with van der Waals surface area (Å²) in [6.07, 6.45) is 3.36. The van der Waals surface area contributed by atoms with Gasteiger partial charge in [0, 0.05) is 18.1 Å². The van der Waals surface area contributed by atoms with E-state index in [-0.39, 0.29) is 5.91 Å². The fourth-order valence-electron chi connectivity index (χ4n) is 2.14. The van der Waals surface area contributed by atoms with Crippen molar-refractivity contribution in [3.05, 3.63) is 66.1 Å². The van der Waals surface area contributed by atoms with Crippen LogP contribution in [-0.4, -0.2) is 28.4 Å². The summed E-state index contributed by atoms with van der Waals surface area (Å²) in [5.41, 5.74) is 2.20. The zero-order valence-corrected chi connectivity index (χ0v) is 11.8. The van der Waals surface area contributed by atoms with Crippen LogP contribution in [0.15, 0.2) is 54.9 Å². The number of benzene rings is 1. The van der Waals surface area contributed by atoms with E-state index in [1.165, 1.54) is 7.11 Å². The first-order valence-corrected chi connectivity index (χ1v) is 6.61. The lowest BCUT2D eigenvalue weighted by molar-refractivity contribution is 0.0600. The normalized spacial score (nSPS) is 10.4. The Morgan fingerprint density at radius 1 is 1.14 bits per heavy atom. The lowest BCUT2D eigenvalue weighted by Crippen LogP contribution is -2.15. The van der Waals surface area contributed by atoms with Gasteiger partial charge in [-0.1, -0.05) is 6.07 Å². The zero-order chi connectivity index (χ0) is 15.5. The highest BCUT2D eigenvalue weighted by atomic mass is 16.5. The number of carbonyl (C=O) groups excluding carboxylic acids is 2. The van der Waals surface area contributed by atoms with Gasteiger partial charge in [0.25, 0.3) is 5.91 Å². The molecule has 0 aliphatic heterocycles. The van der Waals surface area contributed by atoms with Gasteiger partial charge in [0.1, 0.15) is 11.3 Å².